The number of carbonyl (C=O) groups is 1. The molecule has 0 aliphatic carbocycles. The second-order valence-electron chi connectivity index (χ2n) is 4.71. The molecule has 2 saturated heterocycles. The molecule has 2 aliphatic rings. The van der Waals surface area contributed by atoms with E-state index in [0.29, 0.717) is 17.6 Å². The van der Waals surface area contributed by atoms with Crippen molar-refractivity contribution < 1.29 is 9.21 Å². The van der Waals surface area contributed by atoms with Gasteiger partial charge in [0.25, 0.3) is 5.91 Å². The first-order chi connectivity index (χ1) is 8.28. The van der Waals surface area contributed by atoms with Crippen molar-refractivity contribution in [1.29, 1.82) is 0 Å². The quantitative estimate of drug-likeness (QED) is 0.806. The summed E-state index contributed by atoms with van der Waals surface area (Å²) in [7, 11) is 0. The monoisotopic (exact) mass is 252 g/mol. The normalized spacial score (nSPS) is 27.5. The average molecular weight is 252 g/mol. The Morgan fingerprint density at radius 2 is 2.12 bits per heavy atom. The molecule has 0 saturated carbocycles. The van der Waals surface area contributed by atoms with Crippen LogP contribution in [0.5, 0.6) is 0 Å². The van der Waals surface area contributed by atoms with Gasteiger partial charge in [0, 0.05) is 26.2 Å². The van der Waals surface area contributed by atoms with Crippen LogP contribution >= 0.6 is 11.8 Å². The molecule has 17 heavy (non-hydrogen) atoms. The number of rotatable bonds is 2. The highest BCUT2D eigenvalue weighted by atomic mass is 32.2. The lowest BCUT2D eigenvalue weighted by Gasteiger charge is -2.15. The standard InChI is InChI=1S/C12H16N2O2S/c1-17-11-3-2-10(16-11)12(15)14-6-8-4-13-5-9(8)7-14/h2-3,8-9,13H,4-7H2,1H3/t8-,9+. The van der Waals surface area contributed by atoms with Gasteiger partial charge in [0.1, 0.15) is 0 Å². The zero-order valence-corrected chi connectivity index (χ0v) is 10.6. The molecule has 3 heterocycles. The predicted octanol–water partition coefficient (Wildman–Crippen LogP) is 1.29. The molecule has 1 aromatic heterocycles. The molecule has 5 heteroatoms. The van der Waals surface area contributed by atoms with Gasteiger partial charge in [-0.3, -0.25) is 4.79 Å². The fourth-order valence-electron chi connectivity index (χ4n) is 2.72. The molecular weight excluding hydrogens is 236 g/mol. The number of thioether (sulfide) groups is 1. The summed E-state index contributed by atoms with van der Waals surface area (Å²) in [5.74, 6) is 1.78. The summed E-state index contributed by atoms with van der Waals surface area (Å²) in [4.78, 5) is 14.1. The van der Waals surface area contributed by atoms with E-state index in [0.717, 1.165) is 31.3 Å². The van der Waals surface area contributed by atoms with E-state index in [1.165, 1.54) is 11.8 Å². The van der Waals surface area contributed by atoms with E-state index in [1.54, 1.807) is 6.07 Å². The second-order valence-corrected chi connectivity index (χ2v) is 5.52. The maximum Gasteiger partial charge on any atom is 0.289 e. The number of hydrogen-bond donors (Lipinski definition) is 1. The highest BCUT2D eigenvalue weighted by molar-refractivity contribution is 7.98. The van der Waals surface area contributed by atoms with Crippen molar-refractivity contribution >= 4 is 17.7 Å². The van der Waals surface area contributed by atoms with E-state index >= 15 is 0 Å². The third kappa shape index (κ3) is 1.98. The fourth-order valence-corrected chi connectivity index (χ4v) is 3.10. The molecule has 2 aliphatic heterocycles. The van der Waals surface area contributed by atoms with Crippen LogP contribution in [-0.2, 0) is 0 Å². The zero-order chi connectivity index (χ0) is 11.8. The van der Waals surface area contributed by atoms with Crippen molar-refractivity contribution in [2.45, 2.75) is 5.09 Å². The van der Waals surface area contributed by atoms with Crippen LogP contribution in [0.15, 0.2) is 21.6 Å². The maximum atomic E-state index is 12.2. The van der Waals surface area contributed by atoms with Crippen molar-refractivity contribution in [3.63, 3.8) is 0 Å². The smallest absolute Gasteiger partial charge is 0.289 e. The van der Waals surface area contributed by atoms with Gasteiger partial charge in [-0.05, 0) is 30.2 Å². The summed E-state index contributed by atoms with van der Waals surface area (Å²) >= 11 is 1.52. The van der Waals surface area contributed by atoms with Gasteiger partial charge in [-0.2, -0.15) is 0 Å². The summed E-state index contributed by atoms with van der Waals surface area (Å²) in [5.41, 5.74) is 0. The van der Waals surface area contributed by atoms with E-state index in [-0.39, 0.29) is 5.91 Å². The highest BCUT2D eigenvalue weighted by Gasteiger charge is 2.38. The van der Waals surface area contributed by atoms with Gasteiger partial charge in [0.2, 0.25) is 0 Å². The van der Waals surface area contributed by atoms with Crippen LogP contribution in [0, 0.1) is 11.8 Å². The Balaban J connectivity index is 1.70. The highest BCUT2D eigenvalue weighted by Crippen LogP contribution is 2.28. The second kappa shape index (κ2) is 4.38. The first-order valence-corrected chi connectivity index (χ1v) is 7.14. The molecule has 2 atom stereocenters. The van der Waals surface area contributed by atoms with Gasteiger partial charge >= 0.3 is 0 Å². The number of hydrogen-bond acceptors (Lipinski definition) is 4. The van der Waals surface area contributed by atoms with E-state index in [1.807, 2.05) is 17.2 Å². The van der Waals surface area contributed by atoms with Gasteiger partial charge in [0.15, 0.2) is 10.9 Å². The molecular formula is C12H16N2O2S. The van der Waals surface area contributed by atoms with E-state index in [2.05, 4.69) is 5.32 Å². The number of carbonyl (C=O) groups excluding carboxylic acids is 1. The van der Waals surface area contributed by atoms with Gasteiger partial charge in [-0.25, -0.2) is 0 Å². The summed E-state index contributed by atoms with van der Waals surface area (Å²) < 4.78 is 5.49. The van der Waals surface area contributed by atoms with E-state index in [4.69, 9.17) is 4.42 Å². The number of likely N-dealkylation sites (tertiary alicyclic amines) is 1. The zero-order valence-electron chi connectivity index (χ0n) is 9.81. The third-order valence-electron chi connectivity index (χ3n) is 3.67. The Bertz CT molecular complexity index is 420. The molecule has 3 rings (SSSR count). The summed E-state index contributed by atoms with van der Waals surface area (Å²) in [6.45, 7) is 3.82. The van der Waals surface area contributed by atoms with Crippen LogP contribution in [0.25, 0.3) is 0 Å². The van der Waals surface area contributed by atoms with Crippen LogP contribution in [0.1, 0.15) is 10.6 Å². The molecule has 0 radical (unpaired) electrons. The van der Waals surface area contributed by atoms with E-state index in [9.17, 15) is 4.79 Å². The Kier molecular flexibility index (Phi) is 2.88. The van der Waals surface area contributed by atoms with Crippen LogP contribution in [0.3, 0.4) is 0 Å². The molecule has 1 amide bonds. The number of amides is 1. The lowest BCUT2D eigenvalue weighted by Crippen LogP contribution is -2.31. The largest absolute Gasteiger partial charge is 0.445 e. The number of fused-ring (bicyclic) bond motifs is 1. The van der Waals surface area contributed by atoms with Gasteiger partial charge < -0.3 is 14.6 Å². The molecule has 1 aromatic rings. The van der Waals surface area contributed by atoms with Crippen LogP contribution in [-0.4, -0.2) is 43.2 Å². The molecule has 0 aromatic carbocycles. The van der Waals surface area contributed by atoms with Crippen molar-refractivity contribution in [3.8, 4) is 0 Å². The fraction of sp³-hybridized carbons (Fsp3) is 0.583. The maximum absolute atomic E-state index is 12.2. The minimum Gasteiger partial charge on any atom is -0.445 e. The minimum absolute atomic E-state index is 0.0414. The van der Waals surface area contributed by atoms with Gasteiger partial charge in [-0.15, -0.1) is 0 Å². The average Bonchev–Trinajstić information content (AvgIpc) is 3.02. The predicted molar refractivity (Wildman–Crippen MR) is 66.2 cm³/mol. The number of nitrogens with zero attached hydrogens (tertiary/aromatic N) is 1. The molecule has 0 unspecified atom stereocenters. The van der Waals surface area contributed by atoms with Crippen LogP contribution in [0.4, 0.5) is 0 Å². The topological polar surface area (TPSA) is 45.5 Å². The molecule has 1 N–H and O–H groups in total. The van der Waals surface area contributed by atoms with E-state index < -0.39 is 0 Å². The summed E-state index contributed by atoms with van der Waals surface area (Å²) in [6, 6.07) is 3.64. The van der Waals surface area contributed by atoms with Gasteiger partial charge in [-0.1, -0.05) is 11.8 Å². The minimum atomic E-state index is 0.0414. The molecule has 92 valence electrons. The summed E-state index contributed by atoms with van der Waals surface area (Å²) in [5, 5.41) is 4.17. The molecule has 0 bridgehead atoms. The molecule has 0 spiro atoms. The molecule has 2 fully saturated rings. The summed E-state index contributed by atoms with van der Waals surface area (Å²) in [6.07, 6.45) is 1.94. The van der Waals surface area contributed by atoms with Crippen LogP contribution in [0.2, 0.25) is 0 Å². The third-order valence-corrected chi connectivity index (χ3v) is 4.29. The lowest BCUT2D eigenvalue weighted by atomic mass is 10.0. The Labute approximate surface area is 105 Å². The van der Waals surface area contributed by atoms with Crippen molar-refractivity contribution in [1.82, 2.24) is 10.2 Å². The Morgan fingerprint density at radius 1 is 1.41 bits per heavy atom. The lowest BCUT2D eigenvalue weighted by molar-refractivity contribution is 0.0744. The number of furan rings is 1. The molecule has 4 nitrogen and oxygen atoms in total. The van der Waals surface area contributed by atoms with Crippen molar-refractivity contribution in [3.05, 3.63) is 17.9 Å². The first kappa shape index (κ1) is 11.2. The van der Waals surface area contributed by atoms with Crippen molar-refractivity contribution in [2.24, 2.45) is 11.8 Å². The Morgan fingerprint density at radius 3 is 2.71 bits per heavy atom. The first-order valence-electron chi connectivity index (χ1n) is 5.91. The van der Waals surface area contributed by atoms with Gasteiger partial charge in [0.05, 0.1) is 0 Å². The number of nitrogens with one attached hydrogen (secondary N) is 1. The Hall–Kier alpha value is -0.940. The van der Waals surface area contributed by atoms with Crippen molar-refractivity contribution in [2.75, 3.05) is 32.4 Å². The SMILES string of the molecule is CSc1ccc(C(=O)N2C[C@H]3CNC[C@H]3C2)o1. The van der Waals surface area contributed by atoms with Crippen LogP contribution < -0.4 is 5.32 Å².